The predicted molar refractivity (Wildman–Crippen MR) is 90.7 cm³/mol. The monoisotopic (exact) mass is 357 g/mol. The fourth-order valence-corrected chi connectivity index (χ4v) is 2.77. The number of carbonyl (C=O) groups excluding carboxylic acids is 1. The third-order valence-corrected chi connectivity index (χ3v) is 3.99. The fourth-order valence-electron chi connectivity index (χ4n) is 2.77. The molecule has 136 valence electrons. The molecule has 0 aliphatic carbocycles. The second-order valence-electron chi connectivity index (χ2n) is 5.72. The summed E-state index contributed by atoms with van der Waals surface area (Å²) in [6.07, 6.45) is 1.44. The summed E-state index contributed by atoms with van der Waals surface area (Å²) in [5, 5.41) is 11.0. The summed E-state index contributed by atoms with van der Waals surface area (Å²) >= 11 is 0. The number of imidazole rings is 1. The zero-order chi connectivity index (χ0) is 18.7. The minimum absolute atomic E-state index is 0.152. The van der Waals surface area contributed by atoms with Gasteiger partial charge in [0.05, 0.1) is 32.0 Å². The molecule has 0 atom stereocenters. The Hall–Kier alpha value is -3.20. The molecule has 2 aromatic heterocycles. The summed E-state index contributed by atoms with van der Waals surface area (Å²) in [6.45, 7) is 0.0168. The highest BCUT2D eigenvalue weighted by Gasteiger charge is 2.18. The number of fused-ring (bicyclic) bond motifs is 1. The smallest absolute Gasteiger partial charge is 0.333 e. The average Bonchev–Trinajstić information content (AvgIpc) is 3.05. The Kier molecular flexibility index (Phi) is 4.99. The molecule has 2 heterocycles. The average molecular weight is 357 g/mol. The first-order valence-corrected chi connectivity index (χ1v) is 7.94. The molecule has 0 N–H and O–H groups in total. The highest BCUT2D eigenvalue weighted by Crippen LogP contribution is 2.09. The molecule has 1 aromatic carbocycles. The molecule has 0 amide bonds. The van der Waals surface area contributed by atoms with Crippen LogP contribution >= 0.6 is 0 Å². The van der Waals surface area contributed by atoms with Crippen molar-refractivity contribution >= 4 is 17.1 Å². The van der Waals surface area contributed by atoms with E-state index in [1.807, 2.05) is 30.3 Å². The van der Waals surface area contributed by atoms with Crippen LogP contribution in [0.5, 0.6) is 0 Å². The van der Waals surface area contributed by atoms with Crippen LogP contribution in [-0.4, -0.2) is 38.4 Å². The fraction of sp³-hybridized carbons (Fsp3) is 0.294. The van der Waals surface area contributed by atoms with Crippen LogP contribution in [0.2, 0.25) is 0 Å². The van der Waals surface area contributed by atoms with Gasteiger partial charge in [-0.15, -0.1) is 0 Å². The van der Waals surface area contributed by atoms with E-state index in [1.165, 1.54) is 18.0 Å². The Morgan fingerprint density at radius 2 is 1.92 bits per heavy atom. The van der Waals surface area contributed by atoms with Crippen molar-refractivity contribution in [2.24, 2.45) is 0 Å². The van der Waals surface area contributed by atoms with E-state index in [9.17, 15) is 19.5 Å². The third kappa shape index (κ3) is 3.29. The van der Waals surface area contributed by atoms with Gasteiger partial charge in [-0.3, -0.25) is 13.9 Å². The van der Waals surface area contributed by atoms with Crippen LogP contribution in [0, 0.1) is 0 Å². The Balaban J connectivity index is 2.24. The topological polar surface area (TPSA) is 111 Å². The third-order valence-electron chi connectivity index (χ3n) is 3.99. The zero-order valence-corrected chi connectivity index (χ0v) is 14.1. The number of carboxylic acids is 1. The van der Waals surface area contributed by atoms with Crippen LogP contribution in [0.4, 0.5) is 0 Å². The van der Waals surface area contributed by atoms with Gasteiger partial charge in [-0.05, 0) is 5.56 Å². The molecule has 9 heteroatoms. The van der Waals surface area contributed by atoms with E-state index in [2.05, 4.69) is 4.98 Å². The number of carbonyl (C=O) groups is 1. The van der Waals surface area contributed by atoms with Gasteiger partial charge in [-0.1, -0.05) is 30.3 Å². The molecular weight excluding hydrogens is 340 g/mol. The number of hydrogen-bond donors (Lipinski definition) is 0. The maximum absolute atomic E-state index is 12.7. The Morgan fingerprint density at radius 1 is 1.19 bits per heavy atom. The number of hydrogen-bond acceptors (Lipinski definition) is 6. The van der Waals surface area contributed by atoms with Gasteiger partial charge in [-0.2, -0.15) is 0 Å². The lowest BCUT2D eigenvalue weighted by Crippen LogP contribution is -2.45. The lowest BCUT2D eigenvalue weighted by Gasteiger charge is -2.13. The Labute approximate surface area is 147 Å². The van der Waals surface area contributed by atoms with Gasteiger partial charge in [0.1, 0.15) is 0 Å². The van der Waals surface area contributed by atoms with Crippen molar-refractivity contribution in [1.82, 2.24) is 18.7 Å². The van der Waals surface area contributed by atoms with E-state index in [0.29, 0.717) is 17.7 Å². The SMILES string of the molecule is COCCn1cnc2c1c(=O)n(CC(=O)[O-])c(=O)n2Cc1ccccc1. The van der Waals surface area contributed by atoms with Gasteiger partial charge in [0.15, 0.2) is 11.2 Å². The van der Waals surface area contributed by atoms with E-state index >= 15 is 0 Å². The molecule has 0 saturated heterocycles. The number of aliphatic carboxylic acids is 1. The van der Waals surface area contributed by atoms with Crippen molar-refractivity contribution in [2.45, 2.75) is 19.6 Å². The van der Waals surface area contributed by atoms with E-state index in [4.69, 9.17) is 4.74 Å². The number of benzene rings is 1. The molecule has 0 aliphatic heterocycles. The molecule has 0 spiro atoms. The minimum atomic E-state index is -1.52. The molecule has 0 saturated carbocycles. The molecule has 0 unspecified atom stereocenters. The molecule has 3 rings (SSSR count). The largest absolute Gasteiger partial charge is 0.548 e. The minimum Gasteiger partial charge on any atom is -0.548 e. The van der Waals surface area contributed by atoms with Gasteiger partial charge in [0, 0.05) is 13.7 Å². The van der Waals surface area contributed by atoms with Crippen LogP contribution < -0.4 is 16.4 Å². The van der Waals surface area contributed by atoms with E-state index < -0.39 is 23.8 Å². The van der Waals surface area contributed by atoms with Crippen LogP contribution in [0.3, 0.4) is 0 Å². The van der Waals surface area contributed by atoms with E-state index in [1.54, 1.807) is 4.57 Å². The van der Waals surface area contributed by atoms with Crippen LogP contribution in [0.1, 0.15) is 5.56 Å². The molecular formula is C17H17N4O5-. The number of rotatable bonds is 7. The highest BCUT2D eigenvalue weighted by molar-refractivity contribution is 5.71. The molecule has 26 heavy (non-hydrogen) atoms. The van der Waals surface area contributed by atoms with Gasteiger partial charge >= 0.3 is 5.69 Å². The summed E-state index contributed by atoms with van der Waals surface area (Å²) in [5.41, 5.74) is -0.283. The zero-order valence-electron chi connectivity index (χ0n) is 14.1. The molecule has 3 aromatic rings. The Morgan fingerprint density at radius 3 is 2.58 bits per heavy atom. The summed E-state index contributed by atoms with van der Waals surface area (Å²) in [6, 6.07) is 9.15. The highest BCUT2D eigenvalue weighted by atomic mass is 16.5. The quantitative estimate of drug-likeness (QED) is 0.525. The van der Waals surface area contributed by atoms with Crippen LogP contribution in [0.25, 0.3) is 11.2 Å². The molecule has 0 fully saturated rings. The van der Waals surface area contributed by atoms with E-state index in [0.717, 1.165) is 5.56 Å². The molecule has 0 bridgehead atoms. The second-order valence-corrected chi connectivity index (χ2v) is 5.72. The summed E-state index contributed by atoms with van der Waals surface area (Å²) in [5.74, 6) is -1.52. The lowest BCUT2D eigenvalue weighted by molar-refractivity contribution is -0.306. The van der Waals surface area contributed by atoms with Crippen LogP contribution in [0.15, 0.2) is 46.2 Å². The van der Waals surface area contributed by atoms with Crippen molar-refractivity contribution in [3.05, 3.63) is 63.1 Å². The van der Waals surface area contributed by atoms with E-state index in [-0.39, 0.29) is 17.7 Å². The number of methoxy groups -OCH3 is 1. The summed E-state index contributed by atoms with van der Waals surface area (Å²) < 4.78 is 8.52. The number of aromatic nitrogens is 4. The van der Waals surface area contributed by atoms with Crippen LogP contribution in [-0.2, 0) is 29.2 Å². The first-order chi connectivity index (χ1) is 12.5. The lowest BCUT2D eigenvalue weighted by atomic mass is 10.2. The molecule has 0 radical (unpaired) electrons. The van der Waals surface area contributed by atoms with Crippen molar-refractivity contribution in [3.63, 3.8) is 0 Å². The number of ether oxygens (including phenoxy) is 1. The Bertz CT molecular complexity index is 1050. The van der Waals surface area contributed by atoms with Gasteiger partial charge in [0.2, 0.25) is 0 Å². The molecule has 0 aliphatic rings. The summed E-state index contributed by atoms with van der Waals surface area (Å²) in [7, 11) is 1.53. The van der Waals surface area contributed by atoms with Crippen molar-refractivity contribution in [1.29, 1.82) is 0 Å². The van der Waals surface area contributed by atoms with Crippen molar-refractivity contribution < 1.29 is 14.6 Å². The van der Waals surface area contributed by atoms with Gasteiger partial charge in [-0.25, -0.2) is 9.78 Å². The van der Waals surface area contributed by atoms with Gasteiger partial charge < -0.3 is 19.2 Å². The maximum Gasteiger partial charge on any atom is 0.333 e. The standard InChI is InChI=1S/C17H18N4O5/c1-26-8-7-19-11-18-15-14(19)16(24)21(10-13(22)23)17(25)20(15)9-12-5-3-2-4-6-12/h2-6,11H,7-10H2,1H3,(H,22,23)/p-1. The number of nitrogens with zero attached hydrogens (tertiary/aromatic N) is 4. The first-order valence-electron chi connectivity index (χ1n) is 7.94. The first kappa shape index (κ1) is 17.6. The van der Waals surface area contributed by atoms with Crippen molar-refractivity contribution in [2.75, 3.05) is 13.7 Å². The normalized spacial score (nSPS) is 11.1. The molecule has 9 nitrogen and oxygen atoms in total. The maximum atomic E-state index is 12.7. The summed E-state index contributed by atoms with van der Waals surface area (Å²) in [4.78, 5) is 40.6. The van der Waals surface area contributed by atoms with Crippen molar-refractivity contribution in [3.8, 4) is 0 Å². The second kappa shape index (κ2) is 7.36. The number of carboxylic acid groups (broad SMARTS) is 1. The van der Waals surface area contributed by atoms with Gasteiger partial charge in [0.25, 0.3) is 5.56 Å². The predicted octanol–water partition coefficient (Wildman–Crippen LogP) is -1.20.